The molecule has 1 heterocycles. The van der Waals surface area contributed by atoms with Crippen LogP contribution in [0.15, 0.2) is 30.3 Å². The quantitative estimate of drug-likeness (QED) is 0.831. The van der Waals surface area contributed by atoms with Crippen LogP contribution in [0.2, 0.25) is 0 Å². The summed E-state index contributed by atoms with van der Waals surface area (Å²) in [4.78, 5) is 10.9. The first-order valence-electron chi connectivity index (χ1n) is 4.46. The van der Waals surface area contributed by atoms with Crippen LogP contribution >= 0.6 is 12.4 Å². The topological polar surface area (TPSA) is 38.3 Å². The maximum absolute atomic E-state index is 13.4. The van der Waals surface area contributed by atoms with Crippen LogP contribution in [-0.2, 0) is 4.74 Å². The lowest BCUT2D eigenvalue weighted by atomic mass is 10.0. The maximum atomic E-state index is 13.4. The molecule has 0 spiro atoms. The standard InChI is InChI=1S/C10H9F2NO2.ClH/c11-10(12)6-15-9(14)13-8(10)7-4-2-1-3-5-7;/h1-5,8H,6H2,(H,13,14);1H/t8-;/m1./s1. The van der Waals surface area contributed by atoms with Crippen molar-refractivity contribution in [3.63, 3.8) is 0 Å². The van der Waals surface area contributed by atoms with E-state index in [2.05, 4.69) is 10.1 Å². The highest BCUT2D eigenvalue weighted by Gasteiger charge is 2.46. The van der Waals surface area contributed by atoms with E-state index in [4.69, 9.17) is 0 Å². The van der Waals surface area contributed by atoms with Crippen molar-refractivity contribution in [2.24, 2.45) is 0 Å². The Hall–Kier alpha value is -1.36. The van der Waals surface area contributed by atoms with E-state index in [9.17, 15) is 13.6 Å². The largest absolute Gasteiger partial charge is 0.443 e. The van der Waals surface area contributed by atoms with Gasteiger partial charge in [-0.3, -0.25) is 0 Å². The van der Waals surface area contributed by atoms with Gasteiger partial charge in [0.2, 0.25) is 0 Å². The highest BCUT2D eigenvalue weighted by Crippen LogP contribution is 2.34. The number of alkyl halides is 2. The number of carbonyl (C=O) groups excluding carboxylic acids is 1. The molecule has 0 bridgehead atoms. The molecule has 1 fully saturated rings. The van der Waals surface area contributed by atoms with Gasteiger partial charge in [-0.25, -0.2) is 13.6 Å². The molecule has 1 atom stereocenters. The number of cyclic esters (lactones) is 1. The molecule has 3 nitrogen and oxygen atoms in total. The van der Waals surface area contributed by atoms with Gasteiger partial charge in [-0.1, -0.05) is 30.3 Å². The maximum Gasteiger partial charge on any atom is 0.408 e. The average molecular weight is 250 g/mol. The van der Waals surface area contributed by atoms with Crippen LogP contribution in [0.1, 0.15) is 11.6 Å². The number of rotatable bonds is 1. The van der Waals surface area contributed by atoms with Gasteiger partial charge in [0, 0.05) is 0 Å². The fourth-order valence-corrected chi connectivity index (χ4v) is 1.48. The Labute approximate surface area is 97.2 Å². The number of hydrogen-bond donors (Lipinski definition) is 1. The van der Waals surface area contributed by atoms with Crippen molar-refractivity contribution in [1.82, 2.24) is 5.32 Å². The van der Waals surface area contributed by atoms with Gasteiger partial charge >= 0.3 is 12.0 Å². The lowest BCUT2D eigenvalue weighted by Crippen LogP contribution is -2.49. The van der Waals surface area contributed by atoms with E-state index in [1.807, 2.05) is 0 Å². The minimum absolute atomic E-state index is 0. The monoisotopic (exact) mass is 249 g/mol. The van der Waals surface area contributed by atoms with E-state index in [1.165, 1.54) is 0 Å². The van der Waals surface area contributed by atoms with Crippen molar-refractivity contribution in [2.45, 2.75) is 12.0 Å². The van der Waals surface area contributed by atoms with Crippen LogP contribution in [0.3, 0.4) is 0 Å². The van der Waals surface area contributed by atoms with Crippen LogP contribution < -0.4 is 5.32 Å². The molecule has 88 valence electrons. The fourth-order valence-electron chi connectivity index (χ4n) is 1.48. The molecule has 1 aliphatic heterocycles. The zero-order valence-corrected chi connectivity index (χ0v) is 8.97. The van der Waals surface area contributed by atoms with E-state index >= 15 is 0 Å². The van der Waals surface area contributed by atoms with E-state index in [0.717, 1.165) is 0 Å². The molecule has 1 aliphatic rings. The predicted octanol–water partition coefficient (Wildman–Crippen LogP) is 2.52. The van der Waals surface area contributed by atoms with Crippen molar-refractivity contribution in [1.29, 1.82) is 0 Å². The van der Waals surface area contributed by atoms with Gasteiger partial charge < -0.3 is 10.1 Å². The molecule has 1 aromatic rings. The van der Waals surface area contributed by atoms with Crippen LogP contribution in [0, 0.1) is 0 Å². The summed E-state index contributed by atoms with van der Waals surface area (Å²) in [5.74, 6) is -3.07. The highest BCUT2D eigenvalue weighted by molar-refractivity contribution is 5.85. The Kier molecular flexibility index (Phi) is 3.70. The average Bonchev–Trinajstić information content (AvgIpc) is 2.23. The summed E-state index contributed by atoms with van der Waals surface area (Å²) in [7, 11) is 0. The Bertz CT molecular complexity index is 372. The van der Waals surface area contributed by atoms with Crippen LogP contribution in [0.25, 0.3) is 0 Å². The number of nitrogens with one attached hydrogen (secondary N) is 1. The Morgan fingerprint density at radius 1 is 1.31 bits per heavy atom. The molecular formula is C10H10ClF2NO2. The first-order chi connectivity index (χ1) is 7.09. The zero-order valence-electron chi connectivity index (χ0n) is 8.15. The van der Waals surface area contributed by atoms with E-state index in [0.29, 0.717) is 5.56 Å². The number of carbonyl (C=O) groups is 1. The first kappa shape index (κ1) is 12.7. The molecule has 0 radical (unpaired) electrons. The van der Waals surface area contributed by atoms with E-state index in [1.54, 1.807) is 30.3 Å². The number of halogens is 3. The summed E-state index contributed by atoms with van der Waals surface area (Å²) < 4.78 is 31.0. The van der Waals surface area contributed by atoms with E-state index in [-0.39, 0.29) is 12.4 Å². The second kappa shape index (κ2) is 4.65. The second-order valence-corrected chi connectivity index (χ2v) is 3.33. The van der Waals surface area contributed by atoms with Crippen LogP contribution in [0.4, 0.5) is 13.6 Å². The summed E-state index contributed by atoms with van der Waals surface area (Å²) in [6, 6.07) is 6.80. The molecule has 0 aromatic heterocycles. The van der Waals surface area contributed by atoms with Crippen molar-refractivity contribution < 1.29 is 18.3 Å². The zero-order chi connectivity index (χ0) is 10.9. The molecule has 0 unspecified atom stereocenters. The Morgan fingerprint density at radius 2 is 1.94 bits per heavy atom. The van der Waals surface area contributed by atoms with Crippen LogP contribution in [0.5, 0.6) is 0 Å². The van der Waals surface area contributed by atoms with Gasteiger partial charge in [0.1, 0.15) is 6.04 Å². The third-order valence-corrected chi connectivity index (χ3v) is 2.21. The molecule has 1 amide bonds. The van der Waals surface area contributed by atoms with Gasteiger partial charge in [-0.2, -0.15) is 0 Å². The van der Waals surface area contributed by atoms with Crippen molar-refractivity contribution in [3.05, 3.63) is 35.9 Å². The van der Waals surface area contributed by atoms with Crippen molar-refractivity contribution >= 4 is 18.5 Å². The molecule has 16 heavy (non-hydrogen) atoms. The smallest absolute Gasteiger partial charge is 0.408 e. The second-order valence-electron chi connectivity index (χ2n) is 3.33. The third-order valence-electron chi connectivity index (χ3n) is 2.21. The Morgan fingerprint density at radius 3 is 2.56 bits per heavy atom. The highest BCUT2D eigenvalue weighted by atomic mass is 35.5. The van der Waals surface area contributed by atoms with Crippen LogP contribution in [-0.4, -0.2) is 18.6 Å². The van der Waals surface area contributed by atoms with Crippen molar-refractivity contribution in [2.75, 3.05) is 6.61 Å². The summed E-state index contributed by atoms with van der Waals surface area (Å²) in [5.41, 5.74) is 0.374. The normalized spacial score (nSPS) is 22.6. The van der Waals surface area contributed by atoms with Gasteiger partial charge in [0.15, 0.2) is 6.61 Å². The van der Waals surface area contributed by atoms with Gasteiger partial charge in [-0.05, 0) is 5.56 Å². The molecular weight excluding hydrogens is 240 g/mol. The fraction of sp³-hybridized carbons (Fsp3) is 0.300. The number of ether oxygens (including phenoxy) is 1. The molecule has 0 saturated carbocycles. The summed E-state index contributed by atoms with van der Waals surface area (Å²) >= 11 is 0. The number of alkyl carbamates (subject to hydrolysis) is 1. The number of benzene rings is 1. The van der Waals surface area contributed by atoms with Gasteiger partial charge in [0.25, 0.3) is 0 Å². The Balaban J connectivity index is 0.00000128. The predicted molar refractivity (Wildman–Crippen MR) is 55.9 cm³/mol. The summed E-state index contributed by atoms with van der Waals surface area (Å²) in [6.07, 6.45) is -0.810. The van der Waals surface area contributed by atoms with E-state index < -0.39 is 24.7 Å². The third kappa shape index (κ3) is 2.41. The SMILES string of the molecule is Cl.O=C1N[C@H](c2ccccc2)C(F)(F)CO1. The minimum atomic E-state index is -3.07. The molecule has 6 heteroatoms. The first-order valence-corrected chi connectivity index (χ1v) is 4.46. The lowest BCUT2D eigenvalue weighted by molar-refractivity contribution is -0.104. The molecule has 0 aliphatic carbocycles. The summed E-state index contributed by atoms with van der Waals surface area (Å²) in [6.45, 7) is -0.877. The molecule has 1 saturated heterocycles. The molecule has 1 N–H and O–H groups in total. The van der Waals surface area contributed by atoms with Gasteiger partial charge in [0.05, 0.1) is 0 Å². The number of amides is 1. The number of hydrogen-bond acceptors (Lipinski definition) is 2. The van der Waals surface area contributed by atoms with Gasteiger partial charge in [-0.15, -0.1) is 12.4 Å². The summed E-state index contributed by atoms with van der Waals surface area (Å²) in [5, 5.41) is 2.11. The molecule has 1 aromatic carbocycles. The lowest BCUT2D eigenvalue weighted by Gasteiger charge is -2.31. The molecule has 2 rings (SSSR count). The van der Waals surface area contributed by atoms with Crippen molar-refractivity contribution in [3.8, 4) is 0 Å². The minimum Gasteiger partial charge on any atom is -0.443 e.